The van der Waals surface area contributed by atoms with E-state index in [4.69, 9.17) is 18.9 Å². The van der Waals surface area contributed by atoms with E-state index in [1.54, 1.807) is 13.4 Å². The van der Waals surface area contributed by atoms with Crippen molar-refractivity contribution in [3.05, 3.63) is 65.7 Å². The van der Waals surface area contributed by atoms with Crippen LogP contribution in [0.4, 0.5) is 10.5 Å². The molecule has 0 bridgehead atoms. The number of carbonyl (C=O) groups is 2. The minimum atomic E-state index is -0.452. The molecule has 2 amide bonds. The molecule has 47 heavy (non-hydrogen) atoms. The zero-order valence-electron chi connectivity index (χ0n) is 27.6. The zero-order valence-corrected chi connectivity index (χ0v) is 27.6. The highest BCUT2D eigenvalue weighted by Crippen LogP contribution is 2.41. The van der Waals surface area contributed by atoms with Crippen molar-refractivity contribution in [2.75, 3.05) is 31.6 Å². The zero-order chi connectivity index (χ0) is 32.5. The first kappa shape index (κ1) is 31.7. The summed E-state index contributed by atoms with van der Waals surface area (Å²) in [5, 5.41) is 9.53. The van der Waals surface area contributed by atoms with Crippen molar-refractivity contribution in [1.82, 2.24) is 9.88 Å². The number of likely N-dealkylation sites (tertiary alicyclic amines) is 1. The first-order valence-corrected chi connectivity index (χ1v) is 17.5. The van der Waals surface area contributed by atoms with Crippen LogP contribution in [-0.4, -0.2) is 65.9 Å². The number of hydrogen-bond donors (Lipinski definition) is 1. The average Bonchev–Trinajstić information content (AvgIpc) is 3.81. The molecular weight excluding hydrogens is 594 g/mol. The Hall–Kier alpha value is -3.85. The molecule has 3 saturated carbocycles. The topological polar surface area (TPSA) is 105 Å². The van der Waals surface area contributed by atoms with E-state index < -0.39 is 6.10 Å². The van der Waals surface area contributed by atoms with Gasteiger partial charge in [-0.2, -0.15) is 0 Å². The van der Waals surface area contributed by atoms with Crippen LogP contribution < -0.4 is 9.64 Å². The maximum atomic E-state index is 14.4. The molecule has 250 valence electrons. The van der Waals surface area contributed by atoms with E-state index in [0.29, 0.717) is 63.1 Å². The van der Waals surface area contributed by atoms with E-state index in [-0.39, 0.29) is 24.0 Å². The molecule has 0 atom stereocenters. The molecule has 1 aliphatic heterocycles. The van der Waals surface area contributed by atoms with E-state index in [1.165, 1.54) is 16.0 Å². The third-order valence-corrected chi connectivity index (χ3v) is 10.8. The summed E-state index contributed by atoms with van der Waals surface area (Å²) in [4.78, 5) is 35.1. The van der Waals surface area contributed by atoms with E-state index in [0.717, 1.165) is 67.1 Å². The largest absolute Gasteiger partial charge is 0.496 e. The van der Waals surface area contributed by atoms with Gasteiger partial charge in [-0.05, 0) is 112 Å². The van der Waals surface area contributed by atoms with Crippen LogP contribution in [0.1, 0.15) is 93.1 Å². The molecule has 3 aliphatic carbocycles. The van der Waals surface area contributed by atoms with Crippen LogP contribution in [0.5, 0.6) is 5.75 Å². The molecule has 0 radical (unpaired) electrons. The molecule has 1 aromatic heterocycles. The summed E-state index contributed by atoms with van der Waals surface area (Å²) in [7, 11) is 1.72. The molecule has 9 nitrogen and oxygen atoms in total. The highest BCUT2D eigenvalue weighted by molar-refractivity contribution is 5.95. The fourth-order valence-electron chi connectivity index (χ4n) is 7.66. The number of anilines is 1. The molecule has 4 fully saturated rings. The minimum Gasteiger partial charge on any atom is -0.496 e. The highest BCUT2D eigenvalue weighted by atomic mass is 16.6. The molecule has 0 spiro atoms. The standard InChI is InChI=1S/C38H47N3O6/c1-24-18-29(14-17-35(24)45-2)26-8-6-25(7-9-26)20-41(31-5-3-4-30(19-31)34-23-46-36(39-34)27-10-11-27)37(43)28-12-15-33(16-13-28)47-38(44)40-21-32(42)22-40/h3-5,14,17-19,23,25-28,32-33,42H,6-13,15-16,20-22H2,1-2H3. The number of aryl methyl sites for hydroxylation is 1. The monoisotopic (exact) mass is 641 g/mol. The first-order valence-electron chi connectivity index (χ1n) is 17.5. The summed E-state index contributed by atoms with van der Waals surface area (Å²) in [5.41, 5.74) is 5.23. The lowest BCUT2D eigenvalue weighted by molar-refractivity contribution is -0.124. The summed E-state index contributed by atoms with van der Waals surface area (Å²) in [6.45, 7) is 3.46. The van der Waals surface area contributed by atoms with Crippen LogP contribution in [0.3, 0.4) is 0 Å². The van der Waals surface area contributed by atoms with Gasteiger partial charge in [0.1, 0.15) is 23.8 Å². The van der Waals surface area contributed by atoms with Gasteiger partial charge in [-0.1, -0.05) is 24.3 Å². The second-order valence-electron chi connectivity index (χ2n) is 14.2. The van der Waals surface area contributed by atoms with Gasteiger partial charge >= 0.3 is 6.09 Å². The average molecular weight is 642 g/mol. The Morgan fingerprint density at radius 3 is 2.38 bits per heavy atom. The van der Waals surface area contributed by atoms with Gasteiger partial charge in [0.15, 0.2) is 5.89 Å². The number of aliphatic hydroxyl groups is 1. The van der Waals surface area contributed by atoms with Gasteiger partial charge < -0.3 is 28.8 Å². The number of methoxy groups -OCH3 is 1. The van der Waals surface area contributed by atoms with Gasteiger partial charge in [0.25, 0.3) is 0 Å². The lowest BCUT2D eigenvalue weighted by atomic mass is 9.78. The number of carbonyl (C=O) groups excluding carboxylic acids is 2. The van der Waals surface area contributed by atoms with Crippen LogP contribution in [0.25, 0.3) is 11.3 Å². The first-order chi connectivity index (χ1) is 22.8. The van der Waals surface area contributed by atoms with Crippen LogP contribution >= 0.6 is 0 Å². The van der Waals surface area contributed by atoms with E-state index in [2.05, 4.69) is 31.2 Å². The number of rotatable bonds is 9. The van der Waals surface area contributed by atoms with E-state index in [9.17, 15) is 14.7 Å². The molecule has 4 aliphatic rings. The predicted octanol–water partition coefficient (Wildman–Crippen LogP) is 7.21. The number of aromatic nitrogens is 1. The maximum absolute atomic E-state index is 14.4. The van der Waals surface area contributed by atoms with Crippen molar-refractivity contribution in [2.45, 2.75) is 95.2 Å². The molecule has 3 aromatic rings. The highest BCUT2D eigenvalue weighted by Gasteiger charge is 2.36. The van der Waals surface area contributed by atoms with Crippen LogP contribution in [0.2, 0.25) is 0 Å². The quantitative estimate of drug-likeness (QED) is 0.263. The number of oxazole rings is 1. The molecule has 9 heteroatoms. The molecule has 0 unspecified atom stereocenters. The van der Waals surface area contributed by atoms with Gasteiger partial charge in [-0.15, -0.1) is 0 Å². The Morgan fingerprint density at radius 1 is 0.957 bits per heavy atom. The Balaban J connectivity index is 1.04. The van der Waals surface area contributed by atoms with E-state index >= 15 is 0 Å². The molecule has 1 N–H and O–H groups in total. The van der Waals surface area contributed by atoms with Gasteiger partial charge in [0.05, 0.1) is 26.3 Å². The SMILES string of the molecule is COc1ccc(C2CCC(CN(C(=O)C3CCC(OC(=O)N4CC(O)C4)CC3)c3cccc(-c4coc(C5CC5)n4)c3)CC2)cc1C. The predicted molar refractivity (Wildman–Crippen MR) is 179 cm³/mol. The van der Waals surface area contributed by atoms with Crippen molar-refractivity contribution < 1.29 is 28.6 Å². The smallest absolute Gasteiger partial charge is 0.410 e. The van der Waals surface area contributed by atoms with Crippen molar-refractivity contribution >= 4 is 17.7 Å². The maximum Gasteiger partial charge on any atom is 0.410 e. The third kappa shape index (κ3) is 7.20. The summed E-state index contributed by atoms with van der Waals surface area (Å²) >= 11 is 0. The summed E-state index contributed by atoms with van der Waals surface area (Å²) in [5.74, 6) is 3.15. The lowest BCUT2D eigenvalue weighted by Gasteiger charge is -2.38. The van der Waals surface area contributed by atoms with Gasteiger partial charge in [0.2, 0.25) is 5.91 Å². The number of hydrogen-bond acceptors (Lipinski definition) is 7. The normalized spacial score (nSPS) is 24.8. The fraction of sp³-hybridized carbons (Fsp3) is 0.553. The summed E-state index contributed by atoms with van der Waals surface area (Å²) < 4.78 is 17.0. The minimum absolute atomic E-state index is 0.119. The van der Waals surface area contributed by atoms with Crippen molar-refractivity contribution in [3.63, 3.8) is 0 Å². The number of aliphatic hydroxyl groups excluding tert-OH is 1. The Morgan fingerprint density at radius 2 is 1.70 bits per heavy atom. The van der Waals surface area contributed by atoms with Gasteiger partial charge in [-0.3, -0.25) is 4.79 Å². The summed E-state index contributed by atoms with van der Waals surface area (Å²) in [6.07, 6.45) is 10.1. The Bertz CT molecular complexity index is 1560. The number of amides is 2. The molecule has 1 saturated heterocycles. The van der Waals surface area contributed by atoms with Crippen LogP contribution in [0.15, 0.2) is 53.1 Å². The second-order valence-corrected chi connectivity index (χ2v) is 14.2. The summed E-state index contributed by atoms with van der Waals surface area (Å²) in [6, 6.07) is 14.7. The second kappa shape index (κ2) is 13.7. The molecule has 7 rings (SSSR count). The number of benzene rings is 2. The van der Waals surface area contributed by atoms with Gasteiger partial charge in [-0.25, -0.2) is 9.78 Å². The lowest BCUT2D eigenvalue weighted by Crippen LogP contribution is -2.54. The Labute approximate surface area is 277 Å². The van der Waals surface area contributed by atoms with Crippen molar-refractivity contribution in [2.24, 2.45) is 11.8 Å². The molecular formula is C38H47N3O6. The molecule has 2 aromatic carbocycles. The Kier molecular flexibility index (Phi) is 9.26. The van der Waals surface area contributed by atoms with Crippen molar-refractivity contribution in [1.29, 1.82) is 0 Å². The van der Waals surface area contributed by atoms with Crippen molar-refractivity contribution in [3.8, 4) is 17.0 Å². The van der Waals surface area contributed by atoms with Crippen LogP contribution in [0, 0.1) is 18.8 Å². The third-order valence-electron chi connectivity index (χ3n) is 10.8. The van der Waals surface area contributed by atoms with E-state index in [1.807, 2.05) is 23.1 Å². The fourth-order valence-corrected chi connectivity index (χ4v) is 7.66. The number of ether oxygens (including phenoxy) is 2. The molecule has 2 heterocycles. The van der Waals surface area contributed by atoms with Crippen LogP contribution in [-0.2, 0) is 9.53 Å². The number of β-amino-alcohol motifs (C(OH)–C–C–N with tert-alkyl or cyclic N) is 1. The van der Waals surface area contributed by atoms with Gasteiger partial charge in [0, 0.05) is 29.6 Å². The number of nitrogens with zero attached hydrogens (tertiary/aromatic N) is 3.